The molecule has 2 amide bonds. The number of carbonyl (C=O) groups excluding carboxylic acids is 3. The highest BCUT2D eigenvalue weighted by Gasteiger charge is 2.16. The lowest BCUT2D eigenvalue weighted by atomic mass is 10.1. The molecule has 0 aliphatic heterocycles. The van der Waals surface area contributed by atoms with E-state index in [1.54, 1.807) is 38.1 Å². The van der Waals surface area contributed by atoms with Gasteiger partial charge in [0.25, 0.3) is 0 Å². The average molecular weight is 380 g/mol. The smallest absolute Gasteiger partial charge is 0.338 e. The number of anilines is 2. The summed E-state index contributed by atoms with van der Waals surface area (Å²) in [7, 11) is 0. The Hall–Kier alpha value is -3.79. The predicted molar refractivity (Wildman–Crippen MR) is 105 cm³/mol. The first kappa shape index (κ1) is 20.5. The molecule has 0 aliphatic carbocycles. The second-order valence-corrected chi connectivity index (χ2v) is 5.54. The lowest BCUT2D eigenvalue weighted by Crippen LogP contribution is -2.20. The first-order valence-corrected chi connectivity index (χ1v) is 8.60. The number of hydrogen-bond donors (Lipinski definition) is 2. The van der Waals surface area contributed by atoms with Crippen molar-refractivity contribution in [1.82, 2.24) is 0 Å². The number of terminal acetylenes is 1. The summed E-state index contributed by atoms with van der Waals surface area (Å²) in [5.74, 6) is 1.27. The van der Waals surface area contributed by atoms with Gasteiger partial charge in [0, 0.05) is 16.9 Å². The number of hydrogen-bond acceptors (Lipinski definition) is 5. The average Bonchev–Trinajstić information content (AvgIpc) is 2.68. The third-order valence-electron chi connectivity index (χ3n) is 3.52. The molecule has 2 aromatic carbocycles. The minimum Gasteiger partial charge on any atom is -0.462 e. The zero-order valence-electron chi connectivity index (χ0n) is 15.6. The molecule has 2 rings (SSSR count). The number of amides is 2. The number of carbonyl (C=O) groups is 3. The van der Waals surface area contributed by atoms with Crippen LogP contribution in [-0.2, 0) is 9.47 Å². The molecule has 0 aromatic heterocycles. The van der Waals surface area contributed by atoms with Crippen molar-refractivity contribution in [3.05, 3.63) is 59.2 Å². The molecular weight excluding hydrogens is 360 g/mol. The van der Waals surface area contributed by atoms with Crippen molar-refractivity contribution in [3.63, 3.8) is 0 Å². The van der Waals surface area contributed by atoms with Crippen LogP contribution in [0.4, 0.5) is 16.2 Å². The molecule has 0 unspecified atom stereocenters. The Morgan fingerprint density at radius 2 is 1.36 bits per heavy atom. The molecule has 0 atom stereocenters. The second-order valence-electron chi connectivity index (χ2n) is 5.54. The maximum atomic E-state index is 12.3. The minimum atomic E-state index is -0.609. The van der Waals surface area contributed by atoms with E-state index in [2.05, 4.69) is 16.6 Å². The van der Waals surface area contributed by atoms with E-state index in [9.17, 15) is 14.4 Å². The van der Waals surface area contributed by atoms with Crippen LogP contribution in [0.15, 0.2) is 42.5 Å². The number of rotatable bonds is 6. The summed E-state index contributed by atoms with van der Waals surface area (Å²) in [6.45, 7) is 3.70. The van der Waals surface area contributed by atoms with Crippen LogP contribution in [0.25, 0.3) is 0 Å². The van der Waals surface area contributed by atoms with Gasteiger partial charge in [-0.1, -0.05) is 5.92 Å². The second kappa shape index (κ2) is 9.78. The zero-order valence-corrected chi connectivity index (χ0v) is 15.6. The molecule has 2 N–H and O–H groups in total. The van der Waals surface area contributed by atoms with Gasteiger partial charge >= 0.3 is 18.0 Å². The van der Waals surface area contributed by atoms with Crippen LogP contribution in [0.2, 0.25) is 0 Å². The normalized spacial score (nSPS) is 9.75. The van der Waals surface area contributed by atoms with Gasteiger partial charge in [0.2, 0.25) is 0 Å². The summed E-state index contributed by atoms with van der Waals surface area (Å²) in [5.41, 5.74) is 1.71. The molecule has 0 heterocycles. The highest BCUT2D eigenvalue weighted by Crippen LogP contribution is 2.18. The Morgan fingerprint density at radius 3 is 1.82 bits per heavy atom. The summed E-state index contributed by atoms with van der Waals surface area (Å²) in [4.78, 5) is 36.4. The van der Waals surface area contributed by atoms with E-state index in [1.807, 2.05) is 0 Å². The minimum absolute atomic E-state index is 0.126. The van der Waals surface area contributed by atoms with E-state index >= 15 is 0 Å². The van der Waals surface area contributed by atoms with Gasteiger partial charge in [0.1, 0.15) is 0 Å². The Morgan fingerprint density at radius 1 is 0.857 bits per heavy atom. The number of benzene rings is 2. The maximum Gasteiger partial charge on any atom is 0.338 e. The van der Waals surface area contributed by atoms with Gasteiger partial charge in [0.15, 0.2) is 0 Å². The Balaban J connectivity index is 2.21. The van der Waals surface area contributed by atoms with Crippen LogP contribution in [0.3, 0.4) is 0 Å². The Labute approximate surface area is 163 Å². The Bertz CT molecular complexity index is 877. The summed E-state index contributed by atoms with van der Waals surface area (Å²) in [6, 6.07) is 10.3. The first-order valence-electron chi connectivity index (χ1n) is 8.60. The molecule has 0 saturated heterocycles. The highest BCUT2D eigenvalue weighted by molar-refractivity contribution is 6.02. The van der Waals surface area contributed by atoms with E-state index in [1.165, 1.54) is 18.2 Å². The van der Waals surface area contributed by atoms with Gasteiger partial charge in [-0.15, -0.1) is 6.42 Å². The third-order valence-corrected chi connectivity index (χ3v) is 3.52. The van der Waals surface area contributed by atoms with E-state index in [-0.39, 0.29) is 30.0 Å². The molecule has 0 saturated carbocycles. The maximum absolute atomic E-state index is 12.3. The summed E-state index contributed by atoms with van der Waals surface area (Å²) >= 11 is 0. The van der Waals surface area contributed by atoms with E-state index in [0.29, 0.717) is 11.3 Å². The van der Waals surface area contributed by atoms with Crippen molar-refractivity contribution < 1.29 is 23.9 Å². The van der Waals surface area contributed by atoms with Crippen LogP contribution < -0.4 is 10.6 Å². The van der Waals surface area contributed by atoms with Gasteiger partial charge in [-0.25, -0.2) is 14.4 Å². The molecule has 7 nitrogen and oxygen atoms in total. The van der Waals surface area contributed by atoms with Crippen LogP contribution >= 0.6 is 0 Å². The fraction of sp³-hybridized carbons (Fsp3) is 0.190. The standard InChI is InChI=1S/C21H20N2O5/c1-4-14-7-9-17(10-8-14)22-21(26)23-18-12-15(19(24)27-5-2)11-16(13-18)20(25)28-6-3/h1,7-13H,5-6H2,2-3H3,(H2,22,23,26). The van der Waals surface area contributed by atoms with Gasteiger partial charge in [0.05, 0.1) is 24.3 Å². The van der Waals surface area contributed by atoms with E-state index in [4.69, 9.17) is 15.9 Å². The van der Waals surface area contributed by atoms with Crippen molar-refractivity contribution in [2.45, 2.75) is 13.8 Å². The summed E-state index contributed by atoms with van der Waals surface area (Å²) < 4.78 is 9.93. The van der Waals surface area contributed by atoms with Crippen LogP contribution in [-0.4, -0.2) is 31.2 Å². The highest BCUT2D eigenvalue weighted by atomic mass is 16.5. The topological polar surface area (TPSA) is 93.7 Å². The molecular formula is C21H20N2O5. The van der Waals surface area contributed by atoms with E-state index in [0.717, 1.165) is 0 Å². The van der Waals surface area contributed by atoms with Crippen molar-refractivity contribution in [2.75, 3.05) is 23.8 Å². The third kappa shape index (κ3) is 5.61. The van der Waals surface area contributed by atoms with Gasteiger partial charge < -0.3 is 20.1 Å². The van der Waals surface area contributed by atoms with Crippen LogP contribution in [0.1, 0.15) is 40.1 Å². The first-order chi connectivity index (χ1) is 13.5. The molecule has 0 radical (unpaired) electrons. The molecule has 0 spiro atoms. The molecule has 144 valence electrons. The molecule has 0 aliphatic rings. The van der Waals surface area contributed by atoms with Crippen molar-refractivity contribution in [1.29, 1.82) is 0 Å². The molecule has 2 aromatic rings. The molecule has 7 heteroatoms. The quantitative estimate of drug-likeness (QED) is 0.589. The van der Waals surface area contributed by atoms with Crippen molar-refractivity contribution in [3.8, 4) is 12.3 Å². The van der Waals surface area contributed by atoms with Crippen LogP contribution in [0, 0.1) is 12.3 Å². The summed E-state index contributed by atoms with van der Waals surface area (Å²) in [5, 5.41) is 5.23. The lowest BCUT2D eigenvalue weighted by Gasteiger charge is -2.11. The van der Waals surface area contributed by atoms with Gasteiger partial charge in [-0.2, -0.15) is 0 Å². The fourth-order valence-electron chi connectivity index (χ4n) is 2.31. The summed E-state index contributed by atoms with van der Waals surface area (Å²) in [6.07, 6.45) is 5.30. The van der Waals surface area contributed by atoms with E-state index < -0.39 is 18.0 Å². The monoisotopic (exact) mass is 380 g/mol. The van der Waals surface area contributed by atoms with Gasteiger partial charge in [-0.3, -0.25) is 0 Å². The number of nitrogens with one attached hydrogen (secondary N) is 2. The molecule has 28 heavy (non-hydrogen) atoms. The van der Waals surface area contributed by atoms with Crippen molar-refractivity contribution >= 4 is 29.3 Å². The zero-order chi connectivity index (χ0) is 20.5. The Kier molecular flexibility index (Phi) is 7.17. The van der Waals surface area contributed by atoms with Gasteiger partial charge in [-0.05, 0) is 56.3 Å². The number of urea groups is 1. The molecule has 0 bridgehead atoms. The predicted octanol–water partition coefficient (Wildman–Crippen LogP) is 3.67. The number of esters is 2. The SMILES string of the molecule is C#Cc1ccc(NC(=O)Nc2cc(C(=O)OCC)cc(C(=O)OCC)c2)cc1. The van der Waals surface area contributed by atoms with Crippen LogP contribution in [0.5, 0.6) is 0 Å². The van der Waals surface area contributed by atoms with Crippen molar-refractivity contribution in [2.24, 2.45) is 0 Å². The fourth-order valence-corrected chi connectivity index (χ4v) is 2.31. The number of ether oxygens (including phenoxy) is 2. The lowest BCUT2D eigenvalue weighted by molar-refractivity contribution is 0.0525. The molecule has 0 fully saturated rings. The largest absolute Gasteiger partial charge is 0.462 e.